The number of rotatable bonds is 4. The van der Waals surface area contributed by atoms with Crippen LogP contribution in [0.15, 0.2) is 69.2 Å². The van der Waals surface area contributed by atoms with Crippen LogP contribution in [0, 0.1) is 23.6 Å². The van der Waals surface area contributed by atoms with Gasteiger partial charge in [-0.05, 0) is 72.9 Å². The number of anilines is 1. The normalized spacial score (nSPS) is 29.5. The molecule has 2 aromatic rings. The largest absolute Gasteiger partial charge is 0.511 e. The Morgan fingerprint density at radius 3 is 2.52 bits per heavy atom. The molecule has 7 rings (SSSR count). The van der Waals surface area contributed by atoms with E-state index in [1.807, 2.05) is 0 Å². The van der Waals surface area contributed by atoms with E-state index in [9.17, 15) is 31.1 Å². The van der Waals surface area contributed by atoms with Crippen LogP contribution >= 0.6 is 0 Å². The molecule has 0 spiro atoms. The number of aliphatic hydroxyl groups excluding tert-OH is 1. The molecule has 2 N–H and O–H groups in total. The first kappa shape index (κ1) is 25.5. The number of nitrogens with zero attached hydrogens (tertiary/aromatic N) is 2. The van der Waals surface area contributed by atoms with E-state index in [2.05, 4.69) is 9.71 Å². The Morgan fingerprint density at radius 2 is 1.80 bits per heavy atom. The average Bonchev–Trinajstić information content (AvgIpc) is 3.62. The number of carbonyl (C=O) groups is 1. The van der Waals surface area contributed by atoms with Crippen molar-refractivity contribution in [3.8, 4) is 0 Å². The van der Waals surface area contributed by atoms with Crippen LogP contribution in [0.2, 0.25) is 0 Å². The molecule has 40 heavy (non-hydrogen) atoms. The second kappa shape index (κ2) is 8.74. The van der Waals surface area contributed by atoms with Crippen molar-refractivity contribution in [3.63, 3.8) is 0 Å². The number of aliphatic hydroxyl groups is 1. The summed E-state index contributed by atoms with van der Waals surface area (Å²) in [6, 6.07) is 9.87. The van der Waals surface area contributed by atoms with Crippen molar-refractivity contribution in [1.82, 2.24) is 4.90 Å². The van der Waals surface area contributed by atoms with Gasteiger partial charge in [-0.1, -0.05) is 24.3 Å². The number of nitrogens with one attached hydrogen (secondary N) is 1. The van der Waals surface area contributed by atoms with Crippen LogP contribution < -0.4 is 5.32 Å². The van der Waals surface area contributed by atoms with Crippen LogP contribution in [0.1, 0.15) is 36.8 Å². The van der Waals surface area contributed by atoms with E-state index in [4.69, 9.17) is 0 Å². The lowest BCUT2D eigenvalue weighted by Gasteiger charge is -2.44. The second-order valence-electron chi connectivity index (χ2n) is 11.1. The van der Waals surface area contributed by atoms with Gasteiger partial charge < -0.3 is 15.3 Å². The fourth-order valence-corrected chi connectivity index (χ4v) is 9.79. The van der Waals surface area contributed by atoms with Gasteiger partial charge in [-0.3, -0.25) is 4.79 Å². The maximum atomic E-state index is 14.0. The van der Waals surface area contributed by atoms with Crippen molar-refractivity contribution in [2.45, 2.75) is 43.2 Å². The van der Waals surface area contributed by atoms with Crippen LogP contribution in [-0.4, -0.2) is 50.4 Å². The minimum Gasteiger partial charge on any atom is -0.511 e. The minimum absolute atomic E-state index is 0.0271. The van der Waals surface area contributed by atoms with Crippen LogP contribution in [0.4, 0.5) is 10.1 Å². The van der Waals surface area contributed by atoms with Gasteiger partial charge in [-0.2, -0.15) is 8.42 Å². The first-order valence-corrected chi connectivity index (χ1v) is 16.3. The smallest absolute Gasteiger partial charge is 0.286 e. The summed E-state index contributed by atoms with van der Waals surface area (Å²) >= 11 is 0. The number of halogens is 1. The van der Waals surface area contributed by atoms with E-state index in [1.165, 1.54) is 30.3 Å². The third-order valence-electron chi connectivity index (χ3n) is 8.84. The Labute approximate surface area is 231 Å². The number of hydrogen-bond donors (Lipinski definition) is 2. The van der Waals surface area contributed by atoms with Gasteiger partial charge in [0.05, 0.1) is 16.3 Å². The SMILES string of the molecule is O=C1C(C2=NS(=O)(=O)c3cc(C4=CCCS4(=O)=O)ccc3N2)=C(O)C2C([C@@H]3CC[C@H]2C3)N1Cc1ccc(F)cc1. The fraction of sp³-hybridized carbons (Fsp3) is 0.357. The molecule has 0 radical (unpaired) electrons. The minimum atomic E-state index is -4.34. The van der Waals surface area contributed by atoms with Gasteiger partial charge in [0.25, 0.3) is 15.9 Å². The molecule has 1 amide bonds. The summed E-state index contributed by atoms with van der Waals surface area (Å²) < 4.78 is 69.0. The molecule has 12 heteroatoms. The molecule has 2 bridgehead atoms. The number of sulfonamides is 1. The number of amidine groups is 1. The maximum Gasteiger partial charge on any atom is 0.286 e. The van der Waals surface area contributed by atoms with Crippen molar-refractivity contribution in [2.75, 3.05) is 11.1 Å². The van der Waals surface area contributed by atoms with E-state index in [0.29, 0.717) is 6.42 Å². The molecule has 2 aliphatic carbocycles. The van der Waals surface area contributed by atoms with Gasteiger partial charge in [0.15, 0.2) is 15.7 Å². The molecular weight excluding hydrogens is 557 g/mol. The Morgan fingerprint density at radius 1 is 1.05 bits per heavy atom. The zero-order valence-electron chi connectivity index (χ0n) is 21.2. The van der Waals surface area contributed by atoms with E-state index in [0.717, 1.165) is 24.8 Å². The van der Waals surface area contributed by atoms with Crippen LogP contribution in [0.5, 0.6) is 0 Å². The number of allylic oxidation sites excluding steroid dienone is 1. The molecule has 9 nitrogen and oxygen atoms in total. The molecular formula is C28H26FN3O6S2. The number of benzene rings is 2. The van der Waals surface area contributed by atoms with Crippen molar-refractivity contribution in [2.24, 2.45) is 22.2 Å². The highest BCUT2D eigenvalue weighted by Crippen LogP contribution is 2.55. The van der Waals surface area contributed by atoms with E-state index < -0.39 is 25.8 Å². The number of amides is 1. The third-order valence-corrected chi connectivity index (χ3v) is 12.0. The molecule has 2 saturated carbocycles. The molecule has 0 saturated heterocycles. The Hall–Kier alpha value is -3.51. The summed E-state index contributed by atoms with van der Waals surface area (Å²) in [5.74, 6) is -1.34. The Kier molecular flexibility index (Phi) is 5.56. The quantitative estimate of drug-likeness (QED) is 0.560. The number of hydrogen-bond acceptors (Lipinski definition) is 7. The van der Waals surface area contributed by atoms with Crippen LogP contribution in [0.25, 0.3) is 4.91 Å². The number of carbonyl (C=O) groups excluding carboxylic acids is 1. The summed E-state index contributed by atoms with van der Waals surface area (Å²) in [5, 5.41) is 14.4. The lowest BCUT2D eigenvalue weighted by atomic mass is 9.77. The zero-order valence-corrected chi connectivity index (χ0v) is 22.9. The summed E-state index contributed by atoms with van der Waals surface area (Å²) in [4.78, 5) is 15.5. The monoisotopic (exact) mass is 583 g/mol. The van der Waals surface area contributed by atoms with Gasteiger partial charge in [0.2, 0.25) is 0 Å². The third kappa shape index (κ3) is 3.83. The molecule has 3 heterocycles. The van der Waals surface area contributed by atoms with Gasteiger partial charge in [0, 0.05) is 18.5 Å². The van der Waals surface area contributed by atoms with Gasteiger partial charge >= 0.3 is 0 Å². The van der Waals surface area contributed by atoms with Crippen molar-refractivity contribution in [1.29, 1.82) is 0 Å². The topological polar surface area (TPSA) is 133 Å². The highest BCUT2D eigenvalue weighted by molar-refractivity contribution is 8.00. The van der Waals surface area contributed by atoms with E-state index in [1.54, 1.807) is 23.1 Å². The highest BCUT2D eigenvalue weighted by atomic mass is 32.2. The van der Waals surface area contributed by atoms with E-state index >= 15 is 0 Å². The van der Waals surface area contributed by atoms with Crippen LogP contribution in [0.3, 0.4) is 0 Å². The molecule has 208 valence electrons. The molecule has 2 unspecified atom stereocenters. The zero-order chi connectivity index (χ0) is 28.0. The van der Waals surface area contributed by atoms with Crippen molar-refractivity contribution in [3.05, 3.63) is 76.8 Å². The fourth-order valence-electron chi connectivity index (χ4n) is 7.14. The highest BCUT2D eigenvalue weighted by Gasteiger charge is 2.57. The molecule has 2 fully saturated rings. The van der Waals surface area contributed by atoms with Gasteiger partial charge in [0.1, 0.15) is 22.0 Å². The van der Waals surface area contributed by atoms with Crippen molar-refractivity contribution < 1.29 is 31.1 Å². The summed E-state index contributed by atoms with van der Waals surface area (Å²) in [6.45, 7) is 0.184. The molecule has 5 aliphatic rings. The number of fused-ring (bicyclic) bond motifs is 6. The molecule has 2 aromatic carbocycles. The Bertz CT molecular complexity index is 1780. The van der Waals surface area contributed by atoms with Gasteiger partial charge in [-0.15, -0.1) is 4.40 Å². The predicted molar refractivity (Wildman–Crippen MR) is 146 cm³/mol. The second-order valence-corrected chi connectivity index (χ2v) is 14.7. The summed E-state index contributed by atoms with van der Waals surface area (Å²) in [5.41, 5.74) is 0.928. The van der Waals surface area contributed by atoms with Gasteiger partial charge in [-0.25, -0.2) is 12.8 Å². The molecule has 3 aliphatic heterocycles. The lowest BCUT2D eigenvalue weighted by Crippen LogP contribution is -2.53. The summed E-state index contributed by atoms with van der Waals surface area (Å²) in [6.07, 6.45) is 4.64. The molecule has 4 atom stereocenters. The average molecular weight is 584 g/mol. The first-order chi connectivity index (χ1) is 19.0. The molecule has 0 aromatic heterocycles. The summed E-state index contributed by atoms with van der Waals surface area (Å²) in [7, 11) is -7.84. The Balaban J connectivity index is 1.29. The standard InChI is InChI=1S/C28H26FN3O6S2/c29-19-8-3-15(4-9-19)14-32-25-18-6-5-17(12-18)23(25)26(33)24(28(32)34)27-30-20-10-7-16(13-22(20)40(37,38)31-27)21-2-1-11-39(21,35)36/h2-4,7-10,13,17-18,23,25,33H,1,5-6,11-12,14H2,(H,30,31)/t17-,18+,23?,25?/m0/s1. The predicted octanol–water partition coefficient (Wildman–Crippen LogP) is 3.77. The van der Waals surface area contributed by atoms with E-state index in [-0.39, 0.29) is 80.1 Å². The maximum absolute atomic E-state index is 14.0. The lowest BCUT2D eigenvalue weighted by molar-refractivity contribution is -0.134. The number of sulfone groups is 1. The van der Waals surface area contributed by atoms with Crippen molar-refractivity contribution >= 4 is 42.2 Å². The first-order valence-electron chi connectivity index (χ1n) is 13.2. The van der Waals surface area contributed by atoms with Crippen LogP contribution in [-0.2, 0) is 31.2 Å².